The molecule has 100 valence electrons. The normalized spacial score (nSPS) is 61.3. The fourth-order valence-corrected chi connectivity index (χ4v) is 7.64. The largest absolute Gasteiger partial charge is 0.0530 e. The Balaban J connectivity index is 1.42. The first-order valence-corrected chi connectivity index (χ1v) is 8.93. The van der Waals surface area contributed by atoms with Gasteiger partial charge in [-0.05, 0) is 73.0 Å². The van der Waals surface area contributed by atoms with Crippen molar-refractivity contribution in [1.29, 1.82) is 0 Å². The lowest BCUT2D eigenvalue weighted by Crippen LogP contribution is -2.46. The van der Waals surface area contributed by atoms with Gasteiger partial charge in [0.15, 0.2) is 0 Å². The summed E-state index contributed by atoms with van der Waals surface area (Å²) in [7, 11) is 0. The van der Waals surface area contributed by atoms with Crippen LogP contribution in [-0.4, -0.2) is 0 Å². The molecule has 5 fully saturated rings. The second-order valence-electron chi connectivity index (χ2n) is 8.37. The minimum Gasteiger partial charge on any atom is -0.0530 e. The van der Waals surface area contributed by atoms with Gasteiger partial charge in [0.25, 0.3) is 0 Å². The highest BCUT2D eigenvalue weighted by molar-refractivity contribution is 5.13. The van der Waals surface area contributed by atoms with Crippen molar-refractivity contribution < 1.29 is 0 Å². The van der Waals surface area contributed by atoms with E-state index in [1.165, 1.54) is 47.3 Å². The van der Waals surface area contributed by atoms with Crippen molar-refractivity contribution in [2.24, 2.45) is 47.3 Å². The van der Waals surface area contributed by atoms with Crippen LogP contribution in [0.15, 0.2) is 0 Å². The Morgan fingerprint density at radius 2 is 0.889 bits per heavy atom. The van der Waals surface area contributed by atoms with Crippen LogP contribution in [0.3, 0.4) is 0 Å². The minimum absolute atomic E-state index is 1.18. The van der Waals surface area contributed by atoms with Gasteiger partial charge in [0, 0.05) is 0 Å². The molecule has 0 aromatic heterocycles. The smallest absolute Gasteiger partial charge is 0.0318 e. The molecule has 0 bridgehead atoms. The zero-order valence-corrected chi connectivity index (χ0v) is 11.7. The van der Waals surface area contributed by atoms with Crippen LogP contribution in [0.2, 0.25) is 0 Å². The zero-order chi connectivity index (χ0) is 11.7. The van der Waals surface area contributed by atoms with E-state index in [-0.39, 0.29) is 0 Å². The van der Waals surface area contributed by atoms with Crippen molar-refractivity contribution in [2.75, 3.05) is 0 Å². The summed E-state index contributed by atoms with van der Waals surface area (Å²) < 4.78 is 0. The van der Waals surface area contributed by atoms with Crippen molar-refractivity contribution in [2.45, 2.75) is 64.2 Å². The summed E-state index contributed by atoms with van der Waals surface area (Å²) in [5.74, 6) is 9.66. The monoisotopic (exact) mass is 244 g/mol. The number of hydrogen-bond donors (Lipinski definition) is 0. The van der Waals surface area contributed by atoms with Crippen LogP contribution >= 0.6 is 0 Å². The van der Waals surface area contributed by atoms with Crippen LogP contribution in [0.1, 0.15) is 64.2 Å². The lowest BCUT2D eigenvalue weighted by molar-refractivity contribution is -0.0320. The van der Waals surface area contributed by atoms with Gasteiger partial charge >= 0.3 is 0 Å². The number of fused-ring (bicyclic) bond motifs is 8. The van der Waals surface area contributed by atoms with E-state index in [9.17, 15) is 0 Å². The fourth-order valence-electron chi connectivity index (χ4n) is 7.64. The Bertz CT molecular complexity index is 312. The summed E-state index contributed by atoms with van der Waals surface area (Å²) in [6, 6.07) is 0. The van der Waals surface area contributed by atoms with E-state index in [1.807, 2.05) is 0 Å². The van der Waals surface area contributed by atoms with Gasteiger partial charge in [-0.15, -0.1) is 0 Å². The fraction of sp³-hybridized carbons (Fsp3) is 1.00. The zero-order valence-electron chi connectivity index (χ0n) is 11.7. The van der Waals surface area contributed by atoms with Gasteiger partial charge < -0.3 is 0 Å². The highest BCUT2D eigenvalue weighted by Crippen LogP contribution is 2.71. The summed E-state index contributed by atoms with van der Waals surface area (Å²) in [5, 5.41) is 0. The molecule has 0 saturated heterocycles. The Hall–Kier alpha value is 0. The molecule has 18 heavy (non-hydrogen) atoms. The van der Waals surface area contributed by atoms with Gasteiger partial charge in [0.2, 0.25) is 0 Å². The molecule has 5 rings (SSSR count). The quantitative estimate of drug-likeness (QED) is 0.569. The minimum atomic E-state index is 1.18. The van der Waals surface area contributed by atoms with Crippen LogP contribution in [0.5, 0.6) is 0 Å². The summed E-state index contributed by atoms with van der Waals surface area (Å²) in [4.78, 5) is 0. The third kappa shape index (κ3) is 1.23. The maximum Gasteiger partial charge on any atom is -0.0318 e. The molecule has 0 aromatic rings. The van der Waals surface area contributed by atoms with E-state index < -0.39 is 0 Å². The van der Waals surface area contributed by atoms with Gasteiger partial charge in [0.05, 0.1) is 0 Å². The molecule has 5 aliphatic carbocycles. The Morgan fingerprint density at radius 1 is 0.444 bits per heavy atom. The predicted octanol–water partition coefficient (Wildman–Crippen LogP) is 4.89. The maximum absolute atomic E-state index is 1.66. The van der Waals surface area contributed by atoms with Gasteiger partial charge in [-0.25, -0.2) is 0 Å². The van der Waals surface area contributed by atoms with Gasteiger partial charge in [-0.3, -0.25) is 0 Å². The van der Waals surface area contributed by atoms with Crippen LogP contribution in [0.4, 0.5) is 0 Å². The third-order valence-electron chi connectivity index (χ3n) is 8.06. The van der Waals surface area contributed by atoms with E-state index in [4.69, 9.17) is 0 Å². The first-order chi connectivity index (χ1) is 8.93. The predicted molar refractivity (Wildman–Crippen MR) is 74.1 cm³/mol. The van der Waals surface area contributed by atoms with E-state index in [1.54, 1.807) is 64.2 Å². The van der Waals surface area contributed by atoms with Crippen molar-refractivity contribution in [3.05, 3.63) is 0 Å². The molecule has 0 nitrogen and oxygen atoms in total. The first-order valence-electron chi connectivity index (χ1n) is 8.93. The summed E-state index contributed by atoms with van der Waals surface area (Å²) in [6.07, 6.45) is 16.0. The topological polar surface area (TPSA) is 0 Å². The molecule has 0 amide bonds. The number of rotatable bonds is 0. The lowest BCUT2D eigenvalue weighted by Gasteiger charge is -2.51. The maximum atomic E-state index is 1.66. The van der Waals surface area contributed by atoms with Crippen LogP contribution in [0, 0.1) is 47.3 Å². The average Bonchev–Trinajstić information content (AvgIpc) is 2.89. The first kappa shape index (κ1) is 10.7. The molecule has 0 radical (unpaired) electrons. The molecule has 0 N–H and O–H groups in total. The van der Waals surface area contributed by atoms with Crippen molar-refractivity contribution in [3.63, 3.8) is 0 Å². The summed E-state index contributed by atoms with van der Waals surface area (Å²) in [5.41, 5.74) is 0. The molecule has 8 atom stereocenters. The lowest BCUT2D eigenvalue weighted by atomic mass is 9.54. The number of hydrogen-bond acceptors (Lipinski definition) is 0. The molecule has 0 heterocycles. The highest BCUT2D eigenvalue weighted by Gasteiger charge is 2.65. The van der Waals surface area contributed by atoms with E-state index in [0.29, 0.717) is 0 Å². The van der Waals surface area contributed by atoms with Crippen molar-refractivity contribution >= 4 is 0 Å². The second-order valence-corrected chi connectivity index (χ2v) is 8.37. The molecule has 8 unspecified atom stereocenters. The van der Waals surface area contributed by atoms with Gasteiger partial charge in [-0.2, -0.15) is 0 Å². The van der Waals surface area contributed by atoms with E-state index >= 15 is 0 Å². The SMILES string of the molecule is C1CCC2C(C1)CC1C3CC4CCCCC4C3C21. The van der Waals surface area contributed by atoms with E-state index in [0.717, 1.165) is 0 Å². The van der Waals surface area contributed by atoms with Crippen LogP contribution < -0.4 is 0 Å². The summed E-state index contributed by atoms with van der Waals surface area (Å²) >= 11 is 0. The molecule has 5 saturated carbocycles. The molecule has 0 aromatic carbocycles. The molecular formula is C18H28. The average molecular weight is 244 g/mol. The third-order valence-corrected chi connectivity index (χ3v) is 8.06. The van der Waals surface area contributed by atoms with Gasteiger partial charge in [-0.1, -0.05) is 38.5 Å². The Kier molecular flexibility index (Phi) is 2.25. The van der Waals surface area contributed by atoms with Gasteiger partial charge in [0.1, 0.15) is 0 Å². The summed E-state index contributed by atoms with van der Waals surface area (Å²) in [6.45, 7) is 0. The van der Waals surface area contributed by atoms with Crippen molar-refractivity contribution in [3.8, 4) is 0 Å². The molecular weight excluding hydrogens is 216 g/mol. The second kappa shape index (κ2) is 3.76. The van der Waals surface area contributed by atoms with Crippen molar-refractivity contribution in [1.82, 2.24) is 0 Å². The Labute approximate surface area is 112 Å². The Morgan fingerprint density at radius 3 is 1.39 bits per heavy atom. The standard InChI is InChI=1S/C18H28/c1-3-7-13-11(5-1)9-15-16-10-12-6-2-4-8-14(12)18(16)17(13)15/h11-18H,1-10H2. The molecule has 0 heteroatoms. The molecule has 0 aliphatic heterocycles. The molecule has 5 aliphatic rings. The van der Waals surface area contributed by atoms with Crippen LogP contribution in [-0.2, 0) is 0 Å². The highest BCUT2D eigenvalue weighted by atomic mass is 14.7. The molecule has 0 spiro atoms. The van der Waals surface area contributed by atoms with E-state index in [2.05, 4.69) is 0 Å². The van der Waals surface area contributed by atoms with Crippen LogP contribution in [0.25, 0.3) is 0 Å².